The standard InChI is InChI=1S/C23H35N5O8/c24-18-3-1-17(2-4-18)11-19-12-27(15-22(33)34)8-7-25(13-20(29)30)5-6-26(14-21(31)32)9-10-28(19)16-23(35)36/h1-4,19H,5-16,24H2,(H,29,30)(H,31,32)(H,33,34)(H,35,36)/p-4. The van der Waals surface area contributed by atoms with Gasteiger partial charge in [0.25, 0.3) is 0 Å². The highest BCUT2D eigenvalue weighted by Gasteiger charge is 2.25. The Hall–Kier alpha value is -3.26. The van der Waals surface area contributed by atoms with Gasteiger partial charge in [0.1, 0.15) is 0 Å². The molecule has 0 saturated carbocycles. The van der Waals surface area contributed by atoms with Gasteiger partial charge in [-0.1, -0.05) is 12.1 Å². The Bertz CT molecular complexity index is 897. The van der Waals surface area contributed by atoms with E-state index in [2.05, 4.69) is 0 Å². The van der Waals surface area contributed by atoms with Crippen molar-refractivity contribution < 1.29 is 39.6 Å². The van der Waals surface area contributed by atoms with E-state index in [9.17, 15) is 39.6 Å². The molecule has 0 bridgehead atoms. The Labute approximate surface area is 209 Å². The van der Waals surface area contributed by atoms with E-state index in [4.69, 9.17) is 5.73 Å². The zero-order valence-corrected chi connectivity index (χ0v) is 20.0. The summed E-state index contributed by atoms with van der Waals surface area (Å²) in [6, 6.07) is 6.48. The molecule has 0 aromatic heterocycles. The largest absolute Gasteiger partial charge is 0.549 e. The minimum Gasteiger partial charge on any atom is -0.549 e. The molecule has 1 atom stereocenters. The third kappa shape index (κ3) is 11.0. The Balaban J connectivity index is 2.38. The number of anilines is 1. The van der Waals surface area contributed by atoms with Crippen LogP contribution in [0.1, 0.15) is 5.56 Å². The number of rotatable bonds is 10. The summed E-state index contributed by atoms with van der Waals surface area (Å²) in [5.41, 5.74) is 7.15. The van der Waals surface area contributed by atoms with E-state index >= 15 is 0 Å². The highest BCUT2D eigenvalue weighted by atomic mass is 16.4. The van der Waals surface area contributed by atoms with Gasteiger partial charge >= 0.3 is 0 Å². The molecule has 13 nitrogen and oxygen atoms in total. The average molecular weight is 506 g/mol. The highest BCUT2D eigenvalue weighted by Crippen LogP contribution is 2.14. The minimum absolute atomic E-state index is 0.130. The van der Waals surface area contributed by atoms with Crippen LogP contribution in [0.15, 0.2) is 24.3 Å². The van der Waals surface area contributed by atoms with Crippen molar-refractivity contribution >= 4 is 29.6 Å². The third-order valence-electron chi connectivity index (χ3n) is 6.00. The smallest absolute Gasteiger partial charge is 0.0555 e. The Kier molecular flexibility index (Phi) is 11.5. The Morgan fingerprint density at radius 1 is 0.667 bits per heavy atom. The van der Waals surface area contributed by atoms with Crippen LogP contribution in [-0.2, 0) is 25.6 Å². The molecule has 0 radical (unpaired) electrons. The molecule has 1 fully saturated rings. The fourth-order valence-electron chi connectivity index (χ4n) is 4.25. The third-order valence-corrected chi connectivity index (χ3v) is 6.00. The van der Waals surface area contributed by atoms with Gasteiger partial charge in [-0.05, 0) is 24.1 Å². The van der Waals surface area contributed by atoms with E-state index in [0.717, 1.165) is 5.56 Å². The molecule has 1 unspecified atom stereocenters. The van der Waals surface area contributed by atoms with Crippen LogP contribution in [0.3, 0.4) is 0 Å². The minimum atomic E-state index is -1.33. The van der Waals surface area contributed by atoms with Gasteiger partial charge in [0.15, 0.2) is 0 Å². The molecule has 0 aliphatic carbocycles. The molecule has 13 heteroatoms. The van der Waals surface area contributed by atoms with Gasteiger partial charge in [-0.15, -0.1) is 0 Å². The number of hydrogen-bond donors (Lipinski definition) is 1. The maximum atomic E-state index is 11.6. The first-order chi connectivity index (χ1) is 17.0. The number of carbonyl (C=O) groups excluding carboxylic acids is 4. The molecule has 2 N–H and O–H groups in total. The molecule has 36 heavy (non-hydrogen) atoms. The van der Waals surface area contributed by atoms with E-state index in [0.29, 0.717) is 12.1 Å². The van der Waals surface area contributed by atoms with Crippen molar-refractivity contribution in [1.82, 2.24) is 19.6 Å². The summed E-state index contributed by atoms with van der Waals surface area (Å²) in [4.78, 5) is 51.8. The predicted molar refractivity (Wildman–Crippen MR) is 119 cm³/mol. The van der Waals surface area contributed by atoms with Gasteiger partial charge in [-0.2, -0.15) is 0 Å². The number of hydrogen-bond acceptors (Lipinski definition) is 13. The second-order valence-corrected chi connectivity index (χ2v) is 8.85. The number of carbonyl (C=O) groups is 4. The van der Waals surface area contributed by atoms with Crippen LogP contribution >= 0.6 is 0 Å². The number of nitrogens with zero attached hydrogens (tertiary/aromatic N) is 4. The molecular formula is C23H31N5O8-4. The fraction of sp³-hybridized carbons (Fsp3) is 0.565. The first-order valence-electron chi connectivity index (χ1n) is 11.6. The van der Waals surface area contributed by atoms with Crippen molar-refractivity contribution in [2.45, 2.75) is 12.5 Å². The Morgan fingerprint density at radius 3 is 1.56 bits per heavy atom. The first kappa shape index (κ1) is 29.0. The number of nitrogens with two attached hydrogens (primary N) is 1. The lowest BCUT2D eigenvalue weighted by atomic mass is 10.0. The van der Waals surface area contributed by atoms with Gasteiger partial charge in [0.2, 0.25) is 0 Å². The summed E-state index contributed by atoms with van der Waals surface area (Å²) in [6.07, 6.45) is 0.348. The summed E-state index contributed by atoms with van der Waals surface area (Å²) in [5.74, 6) is -5.30. The summed E-state index contributed by atoms with van der Waals surface area (Å²) in [5, 5.41) is 45.5. The molecule has 1 aliphatic heterocycles. The monoisotopic (exact) mass is 505 g/mol. The number of carboxylic acid groups (broad SMARTS) is 4. The summed E-state index contributed by atoms with van der Waals surface area (Å²) >= 11 is 0. The quantitative estimate of drug-likeness (QED) is 0.295. The van der Waals surface area contributed by atoms with Crippen molar-refractivity contribution in [2.75, 3.05) is 77.7 Å². The van der Waals surface area contributed by atoms with Crippen LogP contribution < -0.4 is 26.2 Å². The van der Waals surface area contributed by atoms with Gasteiger partial charge in [0.05, 0.1) is 23.9 Å². The molecule has 1 aromatic rings. The molecule has 0 spiro atoms. The summed E-state index contributed by atoms with van der Waals surface area (Å²) < 4.78 is 0. The maximum absolute atomic E-state index is 11.6. The molecule has 2 rings (SSSR count). The van der Waals surface area contributed by atoms with Crippen LogP contribution in [0.25, 0.3) is 0 Å². The van der Waals surface area contributed by atoms with E-state index in [1.807, 2.05) is 0 Å². The van der Waals surface area contributed by atoms with Crippen molar-refractivity contribution in [3.63, 3.8) is 0 Å². The van der Waals surface area contributed by atoms with Gasteiger partial charge < -0.3 is 45.3 Å². The molecule has 200 valence electrons. The summed E-state index contributed by atoms with van der Waals surface area (Å²) in [7, 11) is 0. The summed E-state index contributed by atoms with van der Waals surface area (Å²) in [6.45, 7) is -0.636. The van der Waals surface area contributed by atoms with E-state index in [1.165, 1.54) is 4.90 Å². The number of aliphatic carboxylic acids is 4. The lowest BCUT2D eigenvalue weighted by Crippen LogP contribution is -2.55. The van der Waals surface area contributed by atoms with Crippen LogP contribution in [0.2, 0.25) is 0 Å². The lowest BCUT2D eigenvalue weighted by Gasteiger charge is -2.39. The number of carboxylic acids is 4. The van der Waals surface area contributed by atoms with Crippen LogP contribution in [0.4, 0.5) is 5.69 Å². The van der Waals surface area contributed by atoms with Gasteiger partial charge in [0, 0.05) is 83.7 Å². The molecule has 1 aromatic carbocycles. The van der Waals surface area contributed by atoms with Gasteiger partial charge in [-0.25, -0.2) is 0 Å². The van der Waals surface area contributed by atoms with Crippen LogP contribution in [0.5, 0.6) is 0 Å². The van der Waals surface area contributed by atoms with Crippen molar-refractivity contribution in [1.29, 1.82) is 0 Å². The molecule has 0 amide bonds. The van der Waals surface area contributed by atoms with Gasteiger partial charge in [-0.3, -0.25) is 19.6 Å². The lowest BCUT2D eigenvalue weighted by molar-refractivity contribution is -0.309. The maximum Gasteiger partial charge on any atom is 0.0555 e. The normalized spacial score (nSPS) is 19.7. The second-order valence-electron chi connectivity index (χ2n) is 8.85. The van der Waals surface area contributed by atoms with Crippen LogP contribution in [-0.4, -0.2) is 122 Å². The SMILES string of the molecule is Nc1ccc(CC2CN(CC(=O)[O-])CCN(CC(=O)[O-])CCN(CC(=O)[O-])CCN2CC(=O)[O-])cc1. The van der Waals surface area contributed by atoms with E-state index < -0.39 is 56.1 Å². The highest BCUT2D eigenvalue weighted by molar-refractivity contribution is 5.68. The number of benzene rings is 1. The topological polar surface area (TPSA) is 200 Å². The Morgan fingerprint density at radius 2 is 1.08 bits per heavy atom. The van der Waals surface area contributed by atoms with Crippen molar-refractivity contribution in [2.24, 2.45) is 0 Å². The fourth-order valence-corrected chi connectivity index (χ4v) is 4.25. The second kappa shape index (κ2) is 14.3. The predicted octanol–water partition coefficient (Wildman–Crippen LogP) is -6.60. The molecule has 1 aliphatic rings. The average Bonchev–Trinajstić information content (AvgIpc) is 2.76. The van der Waals surface area contributed by atoms with Crippen LogP contribution in [0, 0.1) is 0 Å². The zero-order valence-electron chi connectivity index (χ0n) is 20.0. The molecule has 1 saturated heterocycles. The van der Waals surface area contributed by atoms with Crippen molar-refractivity contribution in [3.8, 4) is 0 Å². The van der Waals surface area contributed by atoms with E-state index in [1.54, 1.807) is 39.0 Å². The molecule has 1 heterocycles. The zero-order chi connectivity index (χ0) is 26.7. The first-order valence-corrected chi connectivity index (χ1v) is 11.6. The number of nitrogen functional groups attached to an aromatic ring is 1. The molecular weight excluding hydrogens is 474 g/mol. The van der Waals surface area contributed by atoms with Crippen molar-refractivity contribution in [3.05, 3.63) is 29.8 Å². The van der Waals surface area contributed by atoms with E-state index in [-0.39, 0.29) is 45.8 Å².